The lowest BCUT2D eigenvalue weighted by atomic mass is 10.0. The largest absolute Gasteiger partial charge is 0.363 e. The maximum atomic E-state index is 5.16. The van der Waals surface area contributed by atoms with Gasteiger partial charge in [0.2, 0.25) is 0 Å². The highest BCUT2D eigenvalue weighted by Crippen LogP contribution is 2.38. The molecule has 0 aromatic rings. The molecule has 0 amide bonds. The minimum atomic E-state index is 0.585. The van der Waals surface area contributed by atoms with Crippen LogP contribution in [0.25, 0.3) is 0 Å². The monoisotopic (exact) mass is 196 g/mol. The van der Waals surface area contributed by atoms with Gasteiger partial charge in [-0.3, -0.25) is 0 Å². The first kappa shape index (κ1) is 9.00. The fourth-order valence-electron chi connectivity index (χ4n) is 2.33. The molecule has 3 atom stereocenters. The van der Waals surface area contributed by atoms with Crippen molar-refractivity contribution in [3.63, 3.8) is 0 Å². The third-order valence-electron chi connectivity index (χ3n) is 2.93. The van der Waals surface area contributed by atoms with Crippen LogP contribution < -0.4 is 10.6 Å². The first-order valence-electron chi connectivity index (χ1n) is 5.02. The Bertz CT molecular complexity index is 237. The smallest absolute Gasteiger partial charge is 0.166 e. The predicted molar refractivity (Wildman–Crippen MR) is 58.6 cm³/mol. The van der Waals surface area contributed by atoms with Gasteiger partial charge in [-0.15, -0.1) is 0 Å². The Morgan fingerprint density at radius 2 is 2.31 bits per heavy atom. The zero-order chi connectivity index (χ0) is 9.26. The molecule has 3 unspecified atom stereocenters. The van der Waals surface area contributed by atoms with Crippen LogP contribution >= 0.6 is 12.2 Å². The van der Waals surface area contributed by atoms with Crippen molar-refractivity contribution in [3.05, 3.63) is 12.2 Å². The topological polar surface area (TPSA) is 24.1 Å². The second-order valence-electron chi connectivity index (χ2n) is 3.89. The summed E-state index contributed by atoms with van der Waals surface area (Å²) in [4.78, 5) is 0. The molecule has 0 saturated heterocycles. The van der Waals surface area contributed by atoms with Crippen molar-refractivity contribution in [1.29, 1.82) is 0 Å². The third-order valence-corrected chi connectivity index (χ3v) is 3.19. The molecule has 2 nitrogen and oxygen atoms in total. The van der Waals surface area contributed by atoms with Crippen molar-refractivity contribution < 1.29 is 0 Å². The van der Waals surface area contributed by atoms with E-state index in [1.165, 1.54) is 12.8 Å². The van der Waals surface area contributed by atoms with E-state index in [0.717, 1.165) is 23.5 Å². The summed E-state index contributed by atoms with van der Waals surface area (Å²) in [6, 6.07) is 0.585. The summed E-state index contributed by atoms with van der Waals surface area (Å²) < 4.78 is 0. The van der Waals surface area contributed by atoms with Crippen LogP contribution in [0, 0.1) is 11.8 Å². The zero-order valence-electron chi connectivity index (χ0n) is 7.92. The minimum absolute atomic E-state index is 0.585. The number of thiocarbonyl (C=S) groups is 1. The Morgan fingerprint density at radius 3 is 2.85 bits per heavy atom. The van der Waals surface area contributed by atoms with Crippen molar-refractivity contribution in [2.45, 2.75) is 25.8 Å². The number of hydrogen-bond donors (Lipinski definition) is 2. The molecule has 0 heterocycles. The second kappa shape index (κ2) is 3.66. The predicted octanol–water partition coefficient (Wildman–Crippen LogP) is 1.44. The summed E-state index contributed by atoms with van der Waals surface area (Å²) in [5, 5.41) is 7.32. The van der Waals surface area contributed by atoms with E-state index in [0.29, 0.717) is 6.04 Å². The molecule has 2 aliphatic rings. The standard InChI is InChI=1S/C10H16N2S/c1-2-11-10(13)12-9-6-7-3-4-8(9)5-7/h3-4,7-9H,2,5-6H2,1H3,(H2,11,12,13). The van der Waals surface area contributed by atoms with Crippen LogP contribution in [0.15, 0.2) is 12.2 Å². The quantitative estimate of drug-likeness (QED) is 0.516. The number of fused-ring (bicyclic) bond motifs is 2. The Balaban J connectivity index is 1.83. The summed E-state index contributed by atoms with van der Waals surface area (Å²) in [5.41, 5.74) is 0. The van der Waals surface area contributed by atoms with Gasteiger partial charge in [-0.2, -0.15) is 0 Å². The number of hydrogen-bond acceptors (Lipinski definition) is 1. The van der Waals surface area contributed by atoms with Crippen LogP contribution in [0.1, 0.15) is 19.8 Å². The second-order valence-corrected chi connectivity index (χ2v) is 4.30. The van der Waals surface area contributed by atoms with Gasteiger partial charge in [-0.05, 0) is 43.8 Å². The summed E-state index contributed by atoms with van der Waals surface area (Å²) >= 11 is 5.16. The lowest BCUT2D eigenvalue weighted by molar-refractivity contribution is 0.520. The molecule has 13 heavy (non-hydrogen) atoms. The van der Waals surface area contributed by atoms with Gasteiger partial charge in [0.25, 0.3) is 0 Å². The van der Waals surface area contributed by atoms with Crippen LogP contribution in [0.4, 0.5) is 0 Å². The highest BCUT2D eigenvalue weighted by atomic mass is 32.1. The van der Waals surface area contributed by atoms with E-state index < -0.39 is 0 Å². The molecule has 1 saturated carbocycles. The van der Waals surface area contributed by atoms with E-state index >= 15 is 0 Å². The summed E-state index contributed by atoms with van der Waals surface area (Å²) in [6.07, 6.45) is 7.26. The molecule has 0 spiro atoms. The molecule has 2 aliphatic carbocycles. The van der Waals surface area contributed by atoms with E-state index in [2.05, 4.69) is 29.7 Å². The van der Waals surface area contributed by atoms with E-state index in [9.17, 15) is 0 Å². The number of allylic oxidation sites excluding steroid dienone is 1. The Kier molecular flexibility index (Phi) is 2.54. The van der Waals surface area contributed by atoms with E-state index in [-0.39, 0.29) is 0 Å². The molecule has 0 aromatic heterocycles. The van der Waals surface area contributed by atoms with Crippen LogP contribution in [0.3, 0.4) is 0 Å². The van der Waals surface area contributed by atoms with Crippen LogP contribution in [-0.2, 0) is 0 Å². The maximum Gasteiger partial charge on any atom is 0.166 e. The lowest BCUT2D eigenvalue weighted by Crippen LogP contribution is -2.43. The first-order valence-corrected chi connectivity index (χ1v) is 5.43. The van der Waals surface area contributed by atoms with Gasteiger partial charge in [0, 0.05) is 12.6 Å². The van der Waals surface area contributed by atoms with Crippen molar-refractivity contribution in [3.8, 4) is 0 Å². The van der Waals surface area contributed by atoms with E-state index in [1.807, 2.05) is 0 Å². The fourth-order valence-corrected chi connectivity index (χ4v) is 2.62. The molecule has 2 bridgehead atoms. The van der Waals surface area contributed by atoms with Gasteiger partial charge >= 0.3 is 0 Å². The fraction of sp³-hybridized carbons (Fsp3) is 0.700. The van der Waals surface area contributed by atoms with Crippen molar-refractivity contribution in [1.82, 2.24) is 10.6 Å². The average molecular weight is 196 g/mol. The summed E-state index contributed by atoms with van der Waals surface area (Å²) in [5.74, 6) is 1.54. The van der Waals surface area contributed by atoms with Gasteiger partial charge in [0.1, 0.15) is 0 Å². The number of nitrogens with one attached hydrogen (secondary N) is 2. The molecule has 0 aliphatic heterocycles. The van der Waals surface area contributed by atoms with Crippen LogP contribution in [0.5, 0.6) is 0 Å². The third kappa shape index (κ3) is 1.85. The molecule has 2 rings (SSSR count). The van der Waals surface area contributed by atoms with Crippen LogP contribution in [0.2, 0.25) is 0 Å². The van der Waals surface area contributed by atoms with Crippen molar-refractivity contribution in [2.24, 2.45) is 11.8 Å². The van der Waals surface area contributed by atoms with E-state index in [4.69, 9.17) is 12.2 Å². The van der Waals surface area contributed by atoms with Gasteiger partial charge in [0.15, 0.2) is 5.11 Å². The van der Waals surface area contributed by atoms with Gasteiger partial charge < -0.3 is 10.6 Å². The summed E-state index contributed by atoms with van der Waals surface area (Å²) in [6.45, 7) is 2.97. The first-order chi connectivity index (χ1) is 6.29. The Morgan fingerprint density at radius 1 is 1.46 bits per heavy atom. The van der Waals surface area contributed by atoms with Crippen molar-refractivity contribution in [2.75, 3.05) is 6.54 Å². The molecule has 3 heteroatoms. The Hall–Kier alpha value is -0.570. The normalized spacial score (nSPS) is 35.0. The lowest BCUT2D eigenvalue weighted by Gasteiger charge is -2.21. The van der Waals surface area contributed by atoms with E-state index in [1.54, 1.807) is 0 Å². The molecule has 2 N–H and O–H groups in total. The number of rotatable bonds is 2. The maximum absolute atomic E-state index is 5.16. The molecule has 72 valence electrons. The van der Waals surface area contributed by atoms with Crippen LogP contribution in [-0.4, -0.2) is 17.7 Å². The molecule has 1 fully saturated rings. The van der Waals surface area contributed by atoms with Gasteiger partial charge in [0.05, 0.1) is 0 Å². The van der Waals surface area contributed by atoms with Gasteiger partial charge in [-0.25, -0.2) is 0 Å². The SMILES string of the molecule is CCNC(=S)NC1CC2C=CC1C2. The molecule has 0 aromatic carbocycles. The zero-order valence-corrected chi connectivity index (χ0v) is 8.73. The summed E-state index contributed by atoms with van der Waals surface area (Å²) in [7, 11) is 0. The Labute approximate surface area is 84.8 Å². The molecule has 0 radical (unpaired) electrons. The average Bonchev–Trinajstić information content (AvgIpc) is 2.65. The molecular weight excluding hydrogens is 180 g/mol. The van der Waals surface area contributed by atoms with Gasteiger partial charge in [-0.1, -0.05) is 12.2 Å². The molecular formula is C10H16N2S. The highest BCUT2D eigenvalue weighted by Gasteiger charge is 2.35. The highest BCUT2D eigenvalue weighted by molar-refractivity contribution is 7.80. The van der Waals surface area contributed by atoms with Crippen molar-refractivity contribution >= 4 is 17.3 Å². The minimum Gasteiger partial charge on any atom is -0.363 e.